The van der Waals surface area contributed by atoms with Crippen molar-refractivity contribution in [3.05, 3.63) is 90.8 Å². The number of nitrogens with zero attached hydrogens (tertiary/aromatic N) is 4. The largest absolute Gasteiger partial charge is 0.438 e. The van der Waals surface area contributed by atoms with Crippen molar-refractivity contribution in [2.24, 2.45) is 4.99 Å². The molecule has 0 aliphatic heterocycles. The molecule has 0 saturated heterocycles. The van der Waals surface area contributed by atoms with Crippen LogP contribution in [-0.4, -0.2) is 39.3 Å². The predicted octanol–water partition coefficient (Wildman–Crippen LogP) is 5.15. The van der Waals surface area contributed by atoms with E-state index in [1.165, 1.54) is 11.8 Å². The molecule has 1 amide bonds. The van der Waals surface area contributed by atoms with Gasteiger partial charge in [-0.1, -0.05) is 30.0 Å². The number of hydrogen-bond donors (Lipinski definition) is 2. The highest BCUT2D eigenvalue weighted by Crippen LogP contribution is 2.31. The first-order valence-corrected chi connectivity index (χ1v) is 11.6. The third-order valence-corrected chi connectivity index (χ3v) is 5.24. The topological polar surface area (TPSA) is 101 Å². The van der Waals surface area contributed by atoms with E-state index in [0.29, 0.717) is 39.7 Å². The average Bonchev–Trinajstić information content (AvgIpc) is 2.90. The molecule has 2 N–H and O–H groups in total. The van der Waals surface area contributed by atoms with Crippen LogP contribution in [0.25, 0.3) is 11.3 Å². The lowest BCUT2D eigenvalue weighted by Crippen LogP contribution is -2.27. The maximum absolute atomic E-state index is 12.4. The highest BCUT2D eigenvalue weighted by Gasteiger charge is 2.11. The second-order valence-corrected chi connectivity index (χ2v) is 7.70. The Morgan fingerprint density at radius 1 is 0.941 bits per heavy atom. The van der Waals surface area contributed by atoms with Crippen LogP contribution in [0.5, 0.6) is 11.6 Å². The fraction of sp³-hybridized carbons (Fsp3) is 0.0800. The normalized spacial score (nSPS) is 11.1. The molecule has 2 aromatic heterocycles. The zero-order chi connectivity index (χ0) is 23.8. The molecule has 0 saturated carbocycles. The molecule has 8 nitrogen and oxygen atoms in total. The quantitative estimate of drug-likeness (QED) is 0.297. The van der Waals surface area contributed by atoms with E-state index >= 15 is 0 Å². The second-order valence-electron chi connectivity index (χ2n) is 6.91. The number of pyridine rings is 1. The van der Waals surface area contributed by atoms with Crippen LogP contribution in [0.15, 0.2) is 90.2 Å². The molecule has 4 rings (SSSR count). The lowest BCUT2D eigenvalue weighted by Gasteiger charge is -2.10. The Labute approximate surface area is 201 Å². The van der Waals surface area contributed by atoms with E-state index in [-0.39, 0.29) is 5.91 Å². The lowest BCUT2D eigenvalue weighted by molar-refractivity contribution is 0.0978. The summed E-state index contributed by atoms with van der Waals surface area (Å²) in [5.74, 6) is 1.33. The molecule has 0 fully saturated rings. The van der Waals surface area contributed by atoms with Crippen LogP contribution in [0.2, 0.25) is 0 Å². The molecule has 2 heterocycles. The Morgan fingerprint density at radius 3 is 2.47 bits per heavy atom. The van der Waals surface area contributed by atoms with E-state index in [1.807, 2.05) is 48.7 Å². The summed E-state index contributed by atoms with van der Waals surface area (Å²) < 4.78 is 6.03. The minimum absolute atomic E-state index is 0.206. The number of carbonyl (C=O) groups is 1. The third kappa shape index (κ3) is 5.76. The molecule has 4 aromatic rings. The molecule has 2 aromatic carbocycles. The molecule has 0 aliphatic rings. The Bertz CT molecular complexity index is 1300. The van der Waals surface area contributed by atoms with Gasteiger partial charge in [0.15, 0.2) is 5.17 Å². The molecular formula is C25H22N6O2S. The standard InChI is InChI=1S/C25H22N6O2S/c1-26-24-28-16-14-21(30-24)20-9-6-15-27-23(20)33-19-12-10-18(11-13-19)29-25(34-2)31-22(32)17-7-4-3-5-8-17/h3-16H,1-2H3,(H,26,28,30)(H,29,31,32). The van der Waals surface area contributed by atoms with E-state index in [0.717, 1.165) is 5.56 Å². The SMILES string of the molecule is CNc1nccc(-c2cccnc2Oc2ccc(N=C(NC(=O)c3ccccc3)SC)cc2)n1. The van der Waals surface area contributed by atoms with Crippen LogP contribution >= 0.6 is 11.8 Å². The van der Waals surface area contributed by atoms with Crippen LogP contribution in [0.1, 0.15) is 10.4 Å². The molecular weight excluding hydrogens is 448 g/mol. The highest BCUT2D eigenvalue weighted by atomic mass is 32.2. The number of ether oxygens (including phenoxy) is 1. The predicted molar refractivity (Wildman–Crippen MR) is 136 cm³/mol. The minimum Gasteiger partial charge on any atom is -0.438 e. The number of nitrogens with one attached hydrogen (secondary N) is 2. The van der Waals surface area contributed by atoms with Gasteiger partial charge in [-0.3, -0.25) is 4.79 Å². The molecule has 9 heteroatoms. The minimum atomic E-state index is -0.206. The Hall–Kier alpha value is -4.24. The zero-order valence-corrected chi connectivity index (χ0v) is 19.4. The van der Waals surface area contributed by atoms with Crippen molar-refractivity contribution in [1.82, 2.24) is 20.3 Å². The maximum Gasteiger partial charge on any atom is 0.257 e. The zero-order valence-electron chi connectivity index (χ0n) is 18.6. The number of hydrogen-bond acceptors (Lipinski definition) is 8. The Balaban J connectivity index is 1.49. The number of amides is 1. The van der Waals surface area contributed by atoms with Gasteiger partial charge in [-0.05, 0) is 60.9 Å². The summed E-state index contributed by atoms with van der Waals surface area (Å²) in [6.07, 6.45) is 5.20. The van der Waals surface area contributed by atoms with Gasteiger partial charge >= 0.3 is 0 Å². The number of carbonyl (C=O) groups excluding carboxylic acids is 1. The Kier molecular flexibility index (Phi) is 7.46. The van der Waals surface area contributed by atoms with Gasteiger partial charge in [-0.15, -0.1) is 0 Å². The maximum atomic E-state index is 12.4. The van der Waals surface area contributed by atoms with Crippen molar-refractivity contribution in [3.8, 4) is 22.9 Å². The first kappa shape index (κ1) is 22.9. The van der Waals surface area contributed by atoms with Crippen molar-refractivity contribution < 1.29 is 9.53 Å². The second kappa shape index (κ2) is 11.1. The number of amidine groups is 1. The molecule has 0 unspecified atom stereocenters. The number of rotatable bonds is 6. The van der Waals surface area contributed by atoms with Crippen molar-refractivity contribution in [1.29, 1.82) is 0 Å². The van der Waals surface area contributed by atoms with Crippen molar-refractivity contribution in [2.75, 3.05) is 18.6 Å². The van der Waals surface area contributed by atoms with Crippen LogP contribution in [0.3, 0.4) is 0 Å². The van der Waals surface area contributed by atoms with E-state index in [2.05, 4.69) is 30.6 Å². The van der Waals surface area contributed by atoms with E-state index < -0.39 is 0 Å². The van der Waals surface area contributed by atoms with Gasteiger partial charge in [0.2, 0.25) is 11.8 Å². The van der Waals surface area contributed by atoms with Gasteiger partial charge in [0.25, 0.3) is 5.91 Å². The van der Waals surface area contributed by atoms with Gasteiger partial charge in [-0.25, -0.2) is 19.9 Å². The lowest BCUT2D eigenvalue weighted by atomic mass is 10.2. The summed E-state index contributed by atoms with van der Waals surface area (Å²) in [4.78, 5) is 29.9. The molecule has 0 spiro atoms. The number of aliphatic imine (C=N–C) groups is 1. The summed E-state index contributed by atoms with van der Waals surface area (Å²) in [6.45, 7) is 0. The number of thioether (sulfide) groups is 1. The average molecular weight is 471 g/mol. The molecule has 0 aliphatic carbocycles. The van der Waals surface area contributed by atoms with E-state index in [4.69, 9.17) is 4.74 Å². The highest BCUT2D eigenvalue weighted by molar-refractivity contribution is 8.13. The van der Waals surface area contributed by atoms with Crippen LogP contribution in [0, 0.1) is 0 Å². The number of aromatic nitrogens is 3. The van der Waals surface area contributed by atoms with Gasteiger partial charge in [-0.2, -0.15) is 0 Å². The van der Waals surface area contributed by atoms with E-state index in [9.17, 15) is 4.79 Å². The molecule has 0 atom stereocenters. The molecule has 170 valence electrons. The smallest absolute Gasteiger partial charge is 0.257 e. The van der Waals surface area contributed by atoms with Crippen LogP contribution in [-0.2, 0) is 0 Å². The number of anilines is 1. The fourth-order valence-corrected chi connectivity index (χ4v) is 3.39. The first-order chi connectivity index (χ1) is 16.7. The van der Waals surface area contributed by atoms with Crippen molar-refractivity contribution in [2.45, 2.75) is 0 Å². The molecule has 0 bridgehead atoms. The summed E-state index contributed by atoms with van der Waals surface area (Å²) in [5.41, 5.74) is 2.70. The van der Waals surface area contributed by atoms with Gasteiger partial charge in [0.05, 0.1) is 16.9 Å². The van der Waals surface area contributed by atoms with Crippen molar-refractivity contribution in [3.63, 3.8) is 0 Å². The summed E-state index contributed by atoms with van der Waals surface area (Å²) >= 11 is 1.36. The third-order valence-electron chi connectivity index (χ3n) is 4.66. The number of benzene rings is 2. The summed E-state index contributed by atoms with van der Waals surface area (Å²) in [6, 6.07) is 21.8. The molecule has 34 heavy (non-hydrogen) atoms. The van der Waals surface area contributed by atoms with Gasteiger partial charge in [0.1, 0.15) is 5.75 Å². The summed E-state index contributed by atoms with van der Waals surface area (Å²) in [5, 5.41) is 6.27. The van der Waals surface area contributed by atoms with Gasteiger partial charge in [0, 0.05) is 25.0 Å². The van der Waals surface area contributed by atoms with E-state index in [1.54, 1.807) is 49.8 Å². The monoisotopic (exact) mass is 470 g/mol. The first-order valence-electron chi connectivity index (χ1n) is 10.4. The van der Waals surface area contributed by atoms with Crippen molar-refractivity contribution >= 4 is 34.5 Å². The molecule has 0 radical (unpaired) electrons. The fourth-order valence-electron chi connectivity index (χ4n) is 3.00. The van der Waals surface area contributed by atoms with Crippen LogP contribution < -0.4 is 15.4 Å². The van der Waals surface area contributed by atoms with Gasteiger partial charge < -0.3 is 15.4 Å². The Morgan fingerprint density at radius 2 is 1.74 bits per heavy atom. The summed E-state index contributed by atoms with van der Waals surface area (Å²) in [7, 11) is 1.76. The van der Waals surface area contributed by atoms with Crippen LogP contribution in [0.4, 0.5) is 11.6 Å².